The number of aromatic nitrogens is 2. The molecule has 5 nitrogen and oxygen atoms in total. The normalized spacial score (nSPS) is 10.7. The van der Waals surface area contributed by atoms with E-state index < -0.39 is 5.97 Å². The topological polar surface area (TPSA) is 63.8 Å². The van der Waals surface area contributed by atoms with Crippen molar-refractivity contribution in [3.8, 4) is 5.75 Å². The van der Waals surface area contributed by atoms with Crippen LogP contribution in [0.1, 0.15) is 21.9 Å². The summed E-state index contributed by atoms with van der Waals surface area (Å²) in [7, 11) is 0. The fourth-order valence-corrected chi connectivity index (χ4v) is 2.18. The molecule has 106 valence electrons. The third-order valence-corrected chi connectivity index (χ3v) is 3.19. The van der Waals surface area contributed by atoms with Crippen LogP contribution in [0.4, 0.5) is 0 Å². The molecule has 3 aromatic rings. The molecule has 0 fully saturated rings. The number of aryl methyl sites for hydroxylation is 1. The van der Waals surface area contributed by atoms with Gasteiger partial charge in [0, 0.05) is 6.20 Å². The van der Waals surface area contributed by atoms with Crippen LogP contribution in [-0.2, 0) is 6.61 Å². The van der Waals surface area contributed by atoms with Crippen LogP contribution in [-0.4, -0.2) is 20.5 Å². The molecule has 3 rings (SSSR count). The Kier molecular flexibility index (Phi) is 3.31. The molecule has 0 saturated heterocycles. The van der Waals surface area contributed by atoms with Crippen LogP contribution in [0, 0.1) is 6.92 Å². The molecule has 0 aliphatic rings. The highest BCUT2D eigenvalue weighted by Crippen LogP contribution is 2.17. The molecule has 0 atom stereocenters. The minimum atomic E-state index is -1.04. The maximum absolute atomic E-state index is 11.3. The fraction of sp³-hybridized carbons (Fsp3) is 0.125. The van der Waals surface area contributed by atoms with Crippen molar-refractivity contribution in [3.63, 3.8) is 0 Å². The van der Waals surface area contributed by atoms with Gasteiger partial charge in [-0.1, -0.05) is 18.2 Å². The van der Waals surface area contributed by atoms with Crippen molar-refractivity contribution in [2.75, 3.05) is 0 Å². The molecule has 0 bridgehead atoms. The van der Waals surface area contributed by atoms with Crippen molar-refractivity contribution in [2.24, 2.45) is 0 Å². The largest absolute Gasteiger partial charge is 0.486 e. The first-order chi connectivity index (χ1) is 10.1. The van der Waals surface area contributed by atoms with Gasteiger partial charge in [-0.05, 0) is 36.8 Å². The number of carbonyl (C=O) groups is 1. The average Bonchev–Trinajstić information content (AvgIpc) is 2.84. The molecule has 0 aliphatic heterocycles. The zero-order valence-electron chi connectivity index (χ0n) is 11.5. The molecule has 0 unspecified atom stereocenters. The van der Waals surface area contributed by atoms with Crippen molar-refractivity contribution >= 4 is 11.5 Å². The SMILES string of the molecule is Cc1ccn2c(COc3ccccc3)nc(C(=O)O)c2c1. The molecular weight excluding hydrogens is 268 g/mol. The van der Waals surface area contributed by atoms with E-state index in [0.717, 1.165) is 11.3 Å². The van der Waals surface area contributed by atoms with E-state index in [1.807, 2.05) is 55.6 Å². The van der Waals surface area contributed by atoms with Gasteiger partial charge in [0.15, 0.2) is 11.5 Å². The smallest absolute Gasteiger partial charge is 0.356 e. The van der Waals surface area contributed by atoms with E-state index in [0.29, 0.717) is 11.3 Å². The third kappa shape index (κ3) is 2.58. The van der Waals surface area contributed by atoms with Gasteiger partial charge in [-0.3, -0.25) is 4.40 Å². The van der Waals surface area contributed by atoms with Crippen LogP contribution in [0.5, 0.6) is 5.75 Å². The van der Waals surface area contributed by atoms with Crippen LogP contribution >= 0.6 is 0 Å². The summed E-state index contributed by atoms with van der Waals surface area (Å²) < 4.78 is 7.40. The van der Waals surface area contributed by atoms with Crippen LogP contribution in [0.2, 0.25) is 0 Å². The Morgan fingerprint density at radius 3 is 2.76 bits per heavy atom. The fourth-order valence-electron chi connectivity index (χ4n) is 2.18. The van der Waals surface area contributed by atoms with Crippen LogP contribution < -0.4 is 4.74 Å². The molecule has 0 spiro atoms. The van der Waals surface area contributed by atoms with Gasteiger partial charge in [0.25, 0.3) is 0 Å². The molecule has 0 saturated carbocycles. The second-order valence-corrected chi connectivity index (χ2v) is 4.74. The van der Waals surface area contributed by atoms with E-state index in [-0.39, 0.29) is 12.3 Å². The summed E-state index contributed by atoms with van der Waals surface area (Å²) in [5.41, 5.74) is 1.61. The number of aromatic carboxylic acids is 1. The first-order valence-corrected chi connectivity index (χ1v) is 6.54. The lowest BCUT2D eigenvalue weighted by atomic mass is 10.2. The van der Waals surface area contributed by atoms with Crippen LogP contribution in [0.3, 0.4) is 0 Å². The summed E-state index contributed by atoms with van der Waals surface area (Å²) in [6, 6.07) is 13.1. The van der Waals surface area contributed by atoms with E-state index in [9.17, 15) is 9.90 Å². The molecule has 21 heavy (non-hydrogen) atoms. The maximum atomic E-state index is 11.3. The van der Waals surface area contributed by atoms with Crippen LogP contribution in [0.25, 0.3) is 5.52 Å². The first kappa shape index (κ1) is 13.2. The zero-order valence-corrected chi connectivity index (χ0v) is 11.5. The number of hydrogen-bond donors (Lipinski definition) is 1. The molecule has 2 aromatic heterocycles. The lowest BCUT2D eigenvalue weighted by molar-refractivity contribution is 0.0693. The summed E-state index contributed by atoms with van der Waals surface area (Å²) in [6.45, 7) is 2.13. The number of para-hydroxylation sites is 1. The minimum absolute atomic E-state index is 0.0466. The number of carboxylic acid groups (broad SMARTS) is 1. The van der Waals surface area contributed by atoms with E-state index in [1.54, 1.807) is 4.40 Å². The predicted molar refractivity (Wildman–Crippen MR) is 77.7 cm³/mol. The van der Waals surface area contributed by atoms with Gasteiger partial charge >= 0.3 is 5.97 Å². The molecule has 1 aromatic carbocycles. The number of ether oxygens (including phenoxy) is 1. The number of fused-ring (bicyclic) bond motifs is 1. The lowest BCUT2D eigenvalue weighted by Crippen LogP contribution is -2.01. The molecule has 2 heterocycles. The number of nitrogens with zero attached hydrogens (tertiary/aromatic N) is 2. The van der Waals surface area contributed by atoms with Gasteiger partial charge in [-0.25, -0.2) is 9.78 Å². The molecule has 0 aliphatic carbocycles. The standard InChI is InChI=1S/C16H14N2O3/c1-11-7-8-18-13(9-11)15(16(19)20)17-14(18)10-21-12-5-3-2-4-6-12/h2-9H,10H2,1H3,(H,19,20). The van der Waals surface area contributed by atoms with Crippen molar-refractivity contribution in [1.82, 2.24) is 9.38 Å². The van der Waals surface area contributed by atoms with Crippen molar-refractivity contribution in [2.45, 2.75) is 13.5 Å². The summed E-state index contributed by atoms with van der Waals surface area (Å²) in [5, 5.41) is 9.26. The van der Waals surface area contributed by atoms with Crippen LogP contribution in [0.15, 0.2) is 48.7 Å². The van der Waals surface area contributed by atoms with Gasteiger partial charge < -0.3 is 9.84 Å². The van der Waals surface area contributed by atoms with E-state index in [1.165, 1.54) is 0 Å². The minimum Gasteiger partial charge on any atom is -0.486 e. The number of pyridine rings is 1. The second kappa shape index (κ2) is 5.28. The zero-order chi connectivity index (χ0) is 14.8. The van der Waals surface area contributed by atoms with Gasteiger partial charge in [0.1, 0.15) is 12.4 Å². The average molecular weight is 282 g/mol. The first-order valence-electron chi connectivity index (χ1n) is 6.54. The Labute approximate surface area is 121 Å². The number of imidazole rings is 1. The van der Waals surface area contributed by atoms with E-state index in [2.05, 4.69) is 4.98 Å². The van der Waals surface area contributed by atoms with E-state index in [4.69, 9.17) is 4.74 Å². The summed E-state index contributed by atoms with van der Waals surface area (Å²) in [5.74, 6) is 0.244. The number of benzene rings is 1. The highest BCUT2D eigenvalue weighted by molar-refractivity contribution is 5.93. The summed E-state index contributed by atoms with van der Waals surface area (Å²) >= 11 is 0. The molecule has 1 N–H and O–H groups in total. The van der Waals surface area contributed by atoms with Crippen molar-refractivity contribution < 1.29 is 14.6 Å². The second-order valence-electron chi connectivity index (χ2n) is 4.74. The summed E-state index contributed by atoms with van der Waals surface area (Å²) in [4.78, 5) is 15.5. The van der Waals surface area contributed by atoms with Gasteiger partial charge in [-0.2, -0.15) is 0 Å². The Balaban J connectivity index is 1.97. The maximum Gasteiger partial charge on any atom is 0.356 e. The molecular formula is C16H14N2O3. The number of rotatable bonds is 4. The van der Waals surface area contributed by atoms with E-state index >= 15 is 0 Å². The van der Waals surface area contributed by atoms with Gasteiger partial charge in [0.05, 0.1) is 5.52 Å². The Morgan fingerprint density at radius 1 is 1.29 bits per heavy atom. The monoisotopic (exact) mass is 282 g/mol. The summed E-state index contributed by atoms with van der Waals surface area (Å²) in [6.07, 6.45) is 1.81. The van der Waals surface area contributed by atoms with Gasteiger partial charge in [0.2, 0.25) is 0 Å². The quantitative estimate of drug-likeness (QED) is 0.799. The number of carboxylic acids is 1. The third-order valence-electron chi connectivity index (χ3n) is 3.19. The van der Waals surface area contributed by atoms with Crippen molar-refractivity contribution in [3.05, 3.63) is 65.7 Å². The Hall–Kier alpha value is -2.82. The molecule has 0 amide bonds. The molecule has 5 heteroatoms. The Bertz CT molecular complexity index is 794. The van der Waals surface area contributed by atoms with Gasteiger partial charge in [-0.15, -0.1) is 0 Å². The highest BCUT2D eigenvalue weighted by Gasteiger charge is 2.16. The molecule has 0 radical (unpaired) electrons. The lowest BCUT2D eigenvalue weighted by Gasteiger charge is -2.05. The number of hydrogen-bond acceptors (Lipinski definition) is 3. The van der Waals surface area contributed by atoms with Crippen molar-refractivity contribution in [1.29, 1.82) is 0 Å². The predicted octanol–water partition coefficient (Wildman–Crippen LogP) is 2.92. The highest BCUT2D eigenvalue weighted by atomic mass is 16.5. The Morgan fingerprint density at radius 2 is 2.05 bits per heavy atom.